The van der Waals surface area contributed by atoms with Gasteiger partial charge in [-0.3, -0.25) is 9.69 Å². The number of nitrogens with two attached hydrogens (primary N) is 1. The summed E-state index contributed by atoms with van der Waals surface area (Å²) < 4.78 is 27.4. The first-order chi connectivity index (χ1) is 15.3. The van der Waals surface area contributed by atoms with Gasteiger partial charge in [0.25, 0.3) is 0 Å². The summed E-state index contributed by atoms with van der Waals surface area (Å²) in [5.74, 6) is -0.348. The van der Waals surface area contributed by atoms with E-state index < -0.39 is 9.84 Å². The number of piperidine rings is 1. The molecule has 1 aliphatic rings. The van der Waals surface area contributed by atoms with Crippen molar-refractivity contribution in [1.82, 2.24) is 25.1 Å². The van der Waals surface area contributed by atoms with Gasteiger partial charge in [-0.25, -0.2) is 13.1 Å². The lowest BCUT2D eigenvalue weighted by Gasteiger charge is -2.36. The standard InChI is InChI=1S/C22H26N6O3S/c1-16-7-9-19(10-8-16)32(30,31)15-28-22(24-25-26-28)20(17-5-3-2-4-6-17)27-13-11-18(12-14-27)21(23)29/h2-10,18,20H,11-15H2,1H3,(H2,23,29)/t20-/m1/s1. The molecule has 1 aliphatic heterocycles. The van der Waals surface area contributed by atoms with Gasteiger partial charge in [0.05, 0.1) is 10.9 Å². The van der Waals surface area contributed by atoms with Crippen molar-refractivity contribution < 1.29 is 13.2 Å². The number of aromatic nitrogens is 4. The SMILES string of the molecule is Cc1ccc(S(=O)(=O)Cn2nnnc2[C@@H](c2ccccc2)N2CCC(C(N)=O)CC2)cc1. The topological polar surface area (TPSA) is 124 Å². The molecule has 2 N–H and O–H groups in total. The Morgan fingerprint density at radius 1 is 1.09 bits per heavy atom. The number of rotatable bonds is 7. The number of carbonyl (C=O) groups is 1. The van der Waals surface area contributed by atoms with Gasteiger partial charge in [0.2, 0.25) is 5.91 Å². The van der Waals surface area contributed by atoms with Crippen molar-refractivity contribution in [2.24, 2.45) is 11.7 Å². The molecule has 1 fully saturated rings. The van der Waals surface area contributed by atoms with Gasteiger partial charge < -0.3 is 5.73 Å². The maximum Gasteiger partial charge on any atom is 0.220 e. The van der Waals surface area contributed by atoms with Crippen molar-refractivity contribution in [3.05, 3.63) is 71.5 Å². The number of hydrogen-bond donors (Lipinski definition) is 1. The third-order valence-electron chi connectivity index (χ3n) is 5.89. The quantitative estimate of drug-likeness (QED) is 0.576. The van der Waals surface area contributed by atoms with Gasteiger partial charge in [0, 0.05) is 5.92 Å². The third-order valence-corrected chi connectivity index (χ3v) is 7.46. The van der Waals surface area contributed by atoms with Crippen molar-refractivity contribution in [2.45, 2.75) is 36.6 Å². The average molecular weight is 455 g/mol. The van der Waals surface area contributed by atoms with Crippen LogP contribution in [0.2, 0.25) is 0 Å². The molecular formula is C22H26N6O3S. The first kappa shape index (κ1) is 22.1. The van der Waals surface area contributed by atoms with Crippen molar-refractivity contribution >= 4 is 15.7 Å². The summed E-state index contributed by atoms with van der Waals surface area (Å²) in [6, 6.07) is 16.1. The van der Waals surface area contributed by atoms with Crippen LogP contribution in [0.25, 0.3) is 0 Å². The van der Waals surface area contributed by atoms with E-state index in [-0.39, 0.29) is 28.6 Å². The molecule has 10 heteroatoms. The molecule has 0 saturated carbocycles. The lowest BCUT2D eigenvalue weighted by Crippen LogP contribution is -2.41. The van der Waals surface area contributed by atoms with E-state index in [0.29, 0.717) is 31.8 Å². The molecule has 0 aliphatic carbocycles. The number of likely N-dealkylation sites (tertiary alicyclic amines) is 1. The predicted octanol–water partition coefficient (Wildman–Crippen LogP) is 1.70. The zero-order valence-corrected chi connectivity index (χ0v) is 18.6. The molecule has 3 aromatic rings. The number of tetrazole rings is 1. The summed E-state index contributed by atoms with van der Waals surface area (Å²) >= 11 is 0. The third kappa shape index (κ3) is 4.71. The molecule has 1 amide bonds. The van der Waals surface area contributed by atoms with Crippen LogP contribution in [0.3, 0.4) is 0 Å². The second kappa shape index (κ2) is 9.17. The molecule has 2 aromatic carbocycles. The first-order valence-electron chi connectivity index (χ1n) is 10.5. The van der Waals surface area contributed by atoms with Crippen LogP contribution in [-0.4, -0.2) is 52.5 Å². The Balaban J connectivity index is 1.66. The van der Waals surface area contributed by atoms with Gasteiger partial charge in [-0.2, -0.15) is 0 Å². The molecule has 1 atom stereocenters. The molecule has 4 rings (SSSR count). The number of sulfone groups is 1. The summed E-state index contributed by atoms with van der Waals surface area (Å²) in [7, 11) is -3.65. The zero-order valence-electron chi connectivity index (χ0n) is 17.8. The Bertz CT molecular complexity index is 1170. The molecular weight excluding hydrogens is 428 g/mol. The van der Waals surface area contributed by atoms with Crippen LogP contribution >= 0.6 is 0 Å². The van der Waals surface area contributed by atoms with Crippen LogP contribution in [0.15, 0.2) is 59.5 Å². The van der Waals surface area contributed by atoms with Crippen LogP contribution in [0.1, 0.15) is 35.8 Å². The second-order valence-corrected chi connectivity index (χ2v) is 10.1. The average Bonchev–Trinajstić information content (AvgIpc) is 3.22. The molecule has 1 saturated heterocycles. The van der Waals surface area contributed by atoms with Gasteiger partial charge in [-0.05, 0) is 61.0 Å². The highest BCUT2D eigenvalue weighted by Gasteiger charge is 2.33. The largest absolute Gasteiger partial charge is 0.369 e. The molecule has 2 heterocycles. The second-order valence-electron chi connectivity index (χ2n) is 8.12. The van der Waals surface area contributed by atoms with Gasteiger partial charge in [0.15, 0.2) is 21.5 Å². The Hall–Kier alpha value is -3.11. The van der Waals surface area contributed by atoms with E-state index >= 15 is 0 Å². The lowest BCUT2D eigenvalue weighted by atomic mass is 9.93. The number of primary amides is 1. The summed E-state index contributed by atoms with van der Waals surface area (Å²) in [4.78, 5) is 14.0. The normalized spacial score (nSPS) is 16.7. The van der Waals surface area contributed by atoms with Crippen LogP contribution < -0.4 is 5.73 Å². The predicted molar refractivity (Wildman–Crippen MR) is 118 cm³/mol. The van der Waals surface area contributed by atoms with Crippen molar-refractivity contribution in [2.75, 3.05) is 13.1 Å². The molecule has 0 bridgehead atoms. The maximum absolute atomic E-state index is 13.0. The van der Waals surface area contributed by atoms with Crippen molar-refractivity contribution in [3.63, 3.8) is 0 Å². The highest BCUT2D eigenvalue weighted by molar-refractivity contribution is 7.90. The minimum absolute atomic E-state index is 0.152. The van der Waals surface area contributed by atoms with Crippen LogP contribution in [0, 0.1) is 12.8 Å². The molecule has 0 unspecified atom stereocenters. The molecule has 9 nitrogen and oxygen atoms in total. The molecule has 0 spiro atoms. The fourth-order valence-electron chi connectivity index (χ4n) is 4.08. The maximum atomic E-state index is 13.0. The molecule has 32 heavy (non-hydrogen) atoms. The van der Waals surface area contributed by atoms with Crippen LogP contribution in [-0.2, 0) is 20.5 Å². The molecule has 1 aromatic heterocycles. The lowest BCUT2D eigenvalue weighted by molar-refractivity contribution is -0.123. The first-order valence-corrected chi connectivity index (χ1v) is 12.1. The van der Waals surface area contributed by atoms with E-state index in [0.717, 1.165) is 11.1 Å². The minimum Gasteiger partial charge on any atom is -0.369 e. The van der Waals surface area contributed by atoms with E-state index in [9.17, 15) is 13.2 Å². The number of carbonyl (C=O) groups excluding carboxylic acids is 1. The number of nitrogens with zero attached hydrogens (tertiary/aromatic N) is 5. The highest BCUT2D eigenvalue weighted by atomic mass is 32.2. The van der Waals surface area contributed by atoms with Crippen LogP contribution in [0.4, 0.5) is 0 Å². The smallest absolute Gasteiger partial charge is 0.220 e. The van der Waals surface area contributed by atoms with Gasteiger partial charge in [-0.1, -0.05) is 48.0 Å². The molecule has 168 valence electrons. The summed E-state index contributed by atoms with van der Waals surface area (Å²) in [5.41, 5.74) is 7.43. The Morgan fingerprint density at radius 2 is 1.75 bits per heavy atom. The van der Waals surface area contributed by atoms with Crippen molar-refractivity contribution in [3.8, 4) is 0 Å². The highest BCUT2D eigenvalue weighted by Crippen LogP contribution is 2.31. The van der Waals surface area contributed by atoms with E-state index in [1.807, 2.05) is 37.3 Å². The monoisotopic (exact) mass is 454 g/mol. The Labute approximate surface area is 187 Å². The Morgan fingerprint density at radius 3 is 2.38 bits per heavy atom. The fourth-order valence-corrected chi connectivity index (χ4v) is 5.29. The summed E-state index contributed by atoms with van der Waals surface area (Å²) in [5, 5.41) is 12.0. The van der Waals surface area contributed by atoms with E-state index in [2.05, 4.69) is 20.4 Å². The number of amides is 1. The van der Waals surface area contributed by atoms with Gasteiger partial charge in [0.1, 0.15) is 0 Å². The van der Waals surface area contributed by atoms with E-state index in [4.69, 9.17) is 5.73 Å². The van der Waals surface area contributed by atoms with Crippen molar-refractivity contribution in [1.29, 1.82) is 0 Å². The zero-order chi connectivity index (χ0) is 22.7. The summed E-state index contributed by atoms with van der Waals surface area (Å²) in [6.45, 7) is 3.16. The van der Waals surface area contributed by atoms with E-state index in [1.165, 1.54) is 4.68 Å². The number of benzene rings is 2. The molecule has 0 radical (unpaired) electrons. The fraction of sp³-hybridized carbons (Fsp3) is 0.364. The van der Waals surface area contributed by atoms with Gasteiger partial charge >= 0.3 is 0 Å². The summed E-state index contributed by atoms with van der Waals surface area (Å²) in [6.07, 6.45) is 1.28. The Kier molecular flexibility index (Phi) is 6.33. The minimum atomic E-state index is -3.65. The van der Waals surface area contributed by atoms with Crippen LogP contribution in [0.5, 0.6) is 0 Å². The van der Waals surface area contributed by atoms with Gasteiger partial charge in [-0.15, -0.1) is 5.10 Å². The van der Waals surface area contributed by atoms with E-state index in [1.54, 1.807) is 24.3 Å². The number of aryl methyl sites for hydroxylation is 1. The number of hydrogen-bond acceptors (Lipinski definition) is 7.